The van der Waals surface area contributed by atoms with Crippen LogP contribution in [0.1, 0.15) is 66.4 Å². The quantitative estimate of drug-likeness (QED) is 0.347. The molecule has 21 heavy (non-hydrogen) atoms. The van der Waals surface area contributed by atoms with Gasteiger partial charge in [-0.3, -0.25) is 4.89 Å². The Morgan fingerprint density at radius 3 is 2.38 bits per heavy atom. The number of carbonyl (C=O) groups excluding carboxylic acids is 1. The SMILES string of the molecule is [CH2]CCCCCCCCOOC(=O)c1ccc(C)cc1C. The molecule has 117 valence electrons. The number of hydrogen-bond acceptors (Lipinski definition) is 3. The van der Waals surface area contributed by atoms with Crippen LogP contribution >= 0.6 is 0 Å². The van der Waals surface area contributed by atoms with Gasteiger partial charge >= 0.3 is 5.97 Å². The predicted octanol–water partition coefficient (Wildman–Crippen LogP) is 4.96. The Hall–Kier alpha value is -1.35. The van der Waals surface area contributed by atoms with Crippen LogP contribution in [0, 0.1) is 20.8 Å². The number of rotatable bonds is 10. The number of unbranched alkanes of at least 4 members (excludes halogenated alkanes) is 6. The van der Waals surface area contributed by atoms with Crippen molar-refractivity contribution in [2.75, 3.05) is 6.61 Å². The molecule has 1 radical (unpaired) electrons. The Morgan fingerprint density at radius 2 is 1.71 bits per heavy atom. The van der Waals surface area contributed by atoms with E-state index in [0.717, 1.165) is 30.4 Å². The highest BCUT2D eigenvalue weighted by atomic mass is 17.2. The molecule has 0 N–H and O–H groups in total. The Morgan fingerprint density at radius 1 is 1.05 bits per heavy atom. The Kier molecular flexibility index (Phi) is 8.76. The first kappa shape index (κ1) is 17.7. The Balaban J connectivity index is 2.11. The van der Waals surface area contributed by atoms with Crippen LogP contribution in [0.5, 0.6) is 0 Å². The highest BCUT2D eigenvalue weighted by Gasteiger charge is 2.11. The summed E-state index contributed by atoms with van der Waals surface area (Å²) in [7, 11) is 0. The third-order valence-corrected chi connectivity index (χ3v) is 3.46. The topological polar surface area (TPSA) is 35.5 Å². The van der Waals surface area contributed by atoms with Gasteiger partial charge in [-0.2, -0.15) is 4.89 Å². The third kappa shape index (κ3) is 7.28. The van der Waals surface area contributed by atoms with Gasteiger partial charge in [0.15, 0.2) is 0 Å². The first-order chi connectivity index (χ1) is 10.1. The summed E-state index contributed by atoms with van der Waals surface area (Å²) in [5.41, 5.74) is 2.60. The van der Waals surface area contributed by atoms with Gasteiger partial charge in [-0.15, -0.1) is 0 Å². The average molecular weight is 291 g/mol. The molecule has 0 heterocycles. The number of hydrogen-bond donors (Lipinski definition) is 0. The van der Waals surface area contributed by atoms with Crippen LogP contribution in [-0.4, -0.2) is 12.6 Å². The van der Waals surface area contributed by atoms with Crippen molar-refractivity contribution in [2.45, 2.75) is 58.8 Å². The van der Waals surface area contributed by atoms with Gasteiger partial charge in [-0.25, -0.2) is 4.79 Å². The molecule has 0 spiro atoms. The summed E-state index contributed by atoms with van der Waals surface area (Å²) in [6.07, 6.45) is 7.97. The smallest absolute Gasteiger partial charge is 0.293 e. The molecule has 0 atom stereocenters. The standard InChI is InChI=1S/C18H27O3/c1-4-5-6-7-8-9-10-13-20-21-18(19)17-12-11-15(2)14-16(17)3/h11-12,14H,1,4-10,13H2,2-3H3. The van der Waals surface area contributed by atoms with Crippen LogP contribution in [0.4, 0.5) is 0 Å². The van der Waals surface area contributed by atoms with Crippen molar-refractivity contribution < 1.29 is 14.6 Å². The van der Waals surface area contributed by atoms with Gasteiger partial charge < -0.3 is 0 Å². The van der Waals surface area contributed by atoms with Crippen LogP contribution < -0.4 is 0 Å². The minimum Gasteiger partial charge on any atom is -0.293 e. The predicted molar refractivity (Wildman–Crippen MR) is 85.0 cm³/mol. The lowest BCUT2D eigenvalue weighted by atomic mass is 10.1. The van der Waals surface area contributed by atoms with Crippen molar-refractivity contribution in [3.63, 3.8) is 0 Å². The highest BCUT2D eigenvalue weighted by Crippen LogP contribution is 2.12. The zero-order chi connectivity index (χ0) is 15.5. The van der Waals surface area contributed by atoms with E-state index in [4.69, 9.17) is 9.78 Å². The maximum atomic E-state index is 11.8. The summed E-state index contributed by atoms with van der Waals surface area (Å²) in [5, 5.41) is 0. The summed E-state index contributed by atoms with van der Waals surface area (Å²) in [5.74, 6) is -0.414. The molecule has 0 aliphatic rings. The molecule has 0 bridgehead atoms. The zero-order valence-corrected chi connectivity index (χ0v) is 13.3. The van der Waals surface area contributed by atoms with Gasteiger partial charge in [0, 0.05) is 0 Å². The number of carbonyl (C=O) groups is 1. The molecule has 0 aromatic heterocycles. The summed E-state index contributed by atoms with van der Waals surface area (Å²) in [4.78, 5) is 21.7. The first-order valence-electron chi connectivity index (χ1n) is 7.85. The molecule has 1 aromatic rings. The molecule has 0 aliphatic heterocycles. The molecule has 0 aliphatic carbocycles. The molecule has 1 rings (SSSR count). The van der Waals surface area contributed by atoms with E-state index in [1.54, 1.807) is 6.07 Å². The molecule has 0 fully saturated rings. The molecular formula is C18H27O3. The largest absolute Gasteiger partial charge is 0.373 e. The first-order valence-corrected chi connectivity index (χ1v) is 7.85. The van der Waals surface area contributed by atoms with E-state index in [-0.39, 0.29) is 0 Å². The van der Waals surface area contributed by atoms with Crippen LogP contribution in [0.25, 0.3) is 0 Å². The second-order valence-corrected chi connectivity index (χ2v) is 5.49. The van der Waals surface area contributed by atoms with Gasteiger partial charge in [-0.05, 0) is 31.9 Å². The average Bonchev–Trinajstić information content (AvgIpc) is 2.45. The Labute approximate surface area is 128 Å². The van der Waals surface area contributed by atoms with Gasteiger partial charge in [0.1, 0.15) is 0 Å². The molecule has 0 unspecified atom stereocenters. The maximum Gasteiger partial charge on any atom is 0.373 e. The van der Waals surface area contributed by atoms with E-state index in [1.165, 1.54) is 25.7 Å². The molecule has 0 amide bonds. The van der Waals surface area contributed by atoms with Crippen LogP contribution in [0.15, 0.2) is 18.2 Å². The molecule has 3 heteroatoms. The van der Waals surface area contributed by atoms with Crippen LogP contribution in [-0.2, 0) is 9.78 Å². The molecule has 3 nitrogen and oxygen atoms in total. The lowest BCUT2D eigenvalue weighted by Gasteiger charge is -2.06. The van der Waals surface area contributed by atoms with Gasteiger partial charge in [0.05, 0.1) is 12.2 Å². The molecule has 0 saturated heterocycles. The monoisotopic (exact) mass is 291 g/mol. The summed E-state index contributed by atoms with van der Waals surface area (Å²) >= 11 is 0. The van der Waals surface area contributed by atoms with Crippen molar-refractivity contribution in [2.24, 2.45) is 0 Å². The van der Waals surface area contributed by atoms with E-state index in [9.17, 15) is 4.79 Å². The minimum atomic E-state index is -0.414. The fraction of sp³-hybridized carbons (Fsp3) is 0.556. The second-order valence-electron chi connectivity index (χ2n) is 5.49. The van der Waals surface area contributed by atoms with Crippen LogP contribution in [0.2, 0.25) is 0 Å². The highest BCUT2D eigenvalue weighted by molar-refractivity contribution is 5.90. The van der Waals surface area contributed by atoms with Gasteiger partial charge in [0.2, 0.25) is 0 Å². The van der Waals surface area contributed by atoms with E-state index >= 15 is 0 Å². The third-order valence-electron chi connectivity index (χ3n) is 3.46. The number of benzene rings is 1. The van der Waals surface area contributed by atoms with Gasteiger partial charge in [-0.1, -0.05) is 63.1 Å². The maximum absolute atomic E-state index is 11.8. The summed E-state index contributed by atoms with van der Waals surface area (Å²) in [6, 6.07) is 5.64. The van der Waals surface area contributed by atoms with Crippen molar-refractivity contribution in [3.05, 3.63) is 41.8 Å². The van der Waals surface area contributed by atoms with Crippen molar-refractivity contribution in [1.82, 2.24) is 0 Å². The summed E-state index contributed by atoms with van der Waals surface area (Å²) < 4.78 is 0. The molecule has 1 aromatic carbocycles. The van der Waals surface area contributed by atoms with Crippen molar-refractivity contribution in [1.29, 1.82) is 0 Å². The van der Waals surface area contributed by atoms with Gasteiger partial charge in [0.25, 0.3) is 0 Å². The lowest BCUT2D eigenvalue weighted by Crippen LogP contribution is -2.08. The van der Waals surface area contributed by atoms with E-state index in [1.807, 2.05) is 26.0 Å². The fourth-order valence-electron chi connectivity index (χ4n) is 2.23. The van der Waals surface area contributed by atoms with E-state index in [0.29, 0.717) is 12.2 Å². The summed E-state index contributed by atoms with van der Waals surface area (Å²) in [6.45, 7) is 8.19. The zero-order valence-electron chi connectivity index (χ0n) is 13.3. The van der Waals surface area contributed by atoms with Crippen molar-refractivity contribution in [3.8, 4) is 0 Å². The van der Waals surface area contributed by atoms with Crippen molar-refractivity contribution >= 4 is 5.97 Å². The normalized spacial score (nSPS) is 10.6. The van der Waals surface area contributed by atoms with Crippen LogP contribution in [0.3, 0.4) is 0 Å². The second kappa shape index (κ2) is 10.4. The fourth-order valence-corrected chi connectivity index (χ4v) is 2.23. The minimum absolute atomic E-state index is 0.414. The van der Waals surface area contributed by atoms with E-state index < -0.39 is 5.97 Å². The Bertz CT molecular complexity index is 426. The van der Waals surface area contributed by atoms with E-state index in [2.05, 4.69) is 6.92 Å². The lowest BCUT2D eigenvalue weighted by molar-refractivity contribution is -0.241. The molecular weight excluding hydrogens is 264 g/mol. The molecule has 0 saturated carbocycles. The number of aryl methyl sites for hydroxylation is 2.